The van der Waals surface area contributed by atoms with Crippen molar-refractivity contribution in [1.82, 2.24) is 9.55 Å². The van der Waals surface area contributed by atoms with Gasteiger partial charge in [0.15, 0.2) is 0 Å². The van der Waals surface area contributed by atoms with Crippen molar-refractivity contribution in [2.24, 2.45) is 7.05 Å². The molecule has 0 aliphatic carbocycles. The van der Waals surface area contributed by atoms with Crippen LogP contribution in [0.2, 0.25) is 0 Å². The monoisotopic (exact) mass is 218 g/mol. The first-order valence-electron chi connectivity index (χ1n) is 4.18. The third kappa shape index (κ3) is 5.13. The first-order valence-corrected chi connectivity index (χ1v) is 5.59. The minimum Gasteiger partial charge on any atom is -0.379 e. The van der Waals surface area contributed by atoms with Gasteiger partial charge in [-0.25, -0.2) is 4.98 Å². The average molecular weight is 218 g/mol. The van der Waals surface area contributed by atoms with Gasteiger partial charge in [0.25, 0.3) is 0 Å². The number of nitrogens with zero attached hydrogens (tertiary/aromatic N) is 2. The van der Waals surface area contributed by atoms with Crippen LogP contribution >= 0.6 is 0 Å². The van der Waals surface area contributed by atoms with Crippen LogP contribution in [0.3, 0.4) is 0 Å². The molecule has 0 radical (unpaired) electrons. The van der Waals surface area contributed by atoms with E-state index in [1.807, 2.05) is 24.7 Å². The molecule has 0 spiro atoms. The molecule has 0 aliphatic rings. The number of aromatic nitrogens is 2. The molecule has 1 heterocycles. The first kappa shape index (κ1) is 13.3. The molecule has 0 fully saturated rings. The summed E-state index contributed by atoms with van der Waals surface area (Å²) in [4.78, 5) is 3.98. The Labute approximate surface area is 86.6 Å². The largest absolute Gasteiger partial charge is 0.483 e. The molecule has 1 aromatic heterocycles. The van der Waals surface area contributed by atoms with Gasteiger partial charge in [-0.1, -0.05) is 0 Å². The van der Waals surface area contributed by atoms with E-state index in [1.165, 1.54) is 0 Å². The lowest BCUT2D eigenvalue weighted by Gasteiger charge is -2.05. The first-order chi connectivity index (χ1) is 6.65. The second kappa shape index (κ2) is 7.69. The predicted molar refractivity (Wildman–Crippen MR) is 56.1 cm³/mol. The summed E-state index contributed by atoms with van der Waals surface area (Å²) in [6.07, 6.45) is 3.71. The standard InChI is InChI=1S/C5H8N2.C3H10O3Si/c1-5-6-3-4-7(5)2;1-4-7(5-2)6-3/h3-4H,1-2H3;7H,1-3H3. The number of imidazole rings is 1. The molecule has 0 saturated carbocycles. The second-order valence-electron chi connectivity index (χ2n) is 2.58. The van der Waals surface area contributed by atoms with Crippen molar-refractivity contribution in [3.63, 3.8) is 0 Å². The Morgan fingerprint density at radius 2 is 1.71 bits per heavy atom. The van der Waals surface area contributed by atoms with E-state index in [0.717, 1.165) is 5.82 Å². The van der Waals surface area contributed by atoms with Gasteiger partial charge in [-0.3, -0.25) is 0 Å². The van der Waals surface area contributed by atoms with Gasteiger partial charge < -0.3 is 17.8 Å². The maximum atomic E-state index is 4.74. The third-order valence-corrected chi connectivity index (χ3v) is 2.79. The molecule has 82 valence electrons. The van der Waals surface area contributed by atoms with Gasteiger partial charge in [0, 0.05) is 40.8 Å². The van der Waals surface area contributed by atoms with Crippen LogP contribution in [0.1, 0.15) is 5.82 Å². The van der Waals surface area contributed by atoms with E-state index >= 15 is 0 Å². The van der Waals surface area contributed by atoms with Gasteiger partial charge >= 0.3 is 9.53 Å². The summed E-state index contributed by atoms with van der Waals surface area (Å²) in [6.45, 7) is 1.97. The molecule has 1 rings (SSSR count). The van der Waals surface area contributed by atoms with Crippen LogP contribution in [0.25, 0.3) is 0 Å². The van der Waals surface area contributed by atoms with E-state index in [2.05, 4.69) is 4.98 Å². The van der Waals surface area contributed by atoms with E-state index < -0.39 is 9.53 Å². The van der Waals surface area contributed by atoms with Crippen molar-refractivity contribution >= 4 is 9.53 Å². The minimum absolute atomic E-state index is 1.06. The molecule has 0 saturated heterocycles. The van der Waals surface area contributed by atoms with Crippen LogP contribution in [0, 0.1) is 6.92 Å². The van der Waals surface area contributed by atoms with Crippen molar-refractivity contribution in [2.75, 3.05) is 21.3 Å². The fraction of sp³-hybridized carbons (Fsp3) is 0.625. The van der Waals surface area contributed by atoms with Gasteiger partial charge in [-0.05, 0) is 6.92 Å². The molecule has 1 aromatic rings. The van der Waals surface area contributed by atoms with E-state index in [4.69, 9.17) is 13.3 Å². The fourth-order valence-electron chi connectivity index (χ4n) is 0.729. The highest BCUT2D eigenvalue weighted by Crippen LogP contribution is 1.87. The maximum absolute atomic E-state index is 4.74. The van der Waals surface area contributed by atoms with Crippen molar-refractivity contribution in [3.05, 3.63) is 18.2 Å². The number of hydrogen-bond acceptors (Lipinski definition) is 4. The molecular weight excluding hydrogens is 200 g/mol. The van der Waals surface area contributed by atoms with Crippen LogP contribution < -0.4 is 0 Å². The molecule has 5 nitrogen and oxygen atoms in total. The SMILES string of the molecule is CO[SiH](OC)OC.Cc1nccn1C. The molecule has 0 aromatic carbocycles. The Kier molecular flexibility index (Phi) is 7.31. The summed E-state index contributed by atoms with van der Waals surface area (Å²) in [5, 5.41) is 0. The molecule has 0 amide bonds. The van der Waals surface area contributed by atoms with Gasteiger partial charge in [-0.15, -0.1) is 0 Å². The lowest BCUT2D eigenvalue weighted by molar-refractivity contribution is 0.163. The summed E-state index contributed by atoms with van der Waals surface area (Å²) < 4.78 is 16.2. The van der Waals surface area contributed by atoms with E-state index in [9.17, 15) is 0 Å². The Bertz CT molecular complexity index is 216. The maximum Gasteiger partial charge on any atom is 0.483 e. The molecule has 0 atom stereocenters. The van der Waals surface area contributed by atoms with E-state index in [1.54, 1.807) is 27.5 Å². The van der Waals surface area contributed by atoms with Crippen LogP contribution in [0.4, 0.5) is 0 Å². The molecule has 6 heteroatoms. The summed E-state index contributed by atoms with van der Waals surface area (Å²) in [6, 6.07) is 0. The molecule has 0 N–H and O–H groups in total. The Balaban J connectivity index is 0.000000241. The smallest absolute Gasteiger partial charge is 0.379 e. The molecular formula is C8H18N2O3Si. The third-order valence-electron chi connectivity index (χ3n) is 1.64. The van der Waals surface area contributed by atoms with Gasteiger partial charge in [0.05, 0.1) is 0 Å². The highest BCUT2D eigenvalue weighted by molar-refractivity contribution is 6.36. The highest BCUT2D eigenvalue weighted by Gasteiger charge is 2.04. The van der Waals surface area contributed by atoms with Gasteiger partial charge in [0.2, 0.25) is 0 Å². The number of aryl methyl sites for hydroxylation is 2. The predicted octanol–water partition coefficient (Wildman–Crippen LogP) is 0.371. The summed E-state index contributed by atoms with van der Waals surface area (Å²) in [7, 11) is 5.02. The zero-order chi connectivity index (χ0) is 11.0. The van der Waals surface area contributed by atoms with Crippen molar-refractivity contribution in [1.29, 1.82) is 0 Å². The summed E-state index contributed by atoms with van der Waals surface area (Å²) in [5.41, 5.74) is 0. The van der Waals surface area contributed by atoms with Crippen LogP contribution in [0.15, 0.2) is 12.4 Å². The lowest BCUT2D eigenvalue weighted by Crippen LogP contribution is -2.21. The van der Waals surface area contributed by atoms with E-state index in [0.29, 0.717) is 0 Å². The van der Waals surface area contributed by atoms with Crippen molar-refractivity contribution in [3.8, 4) is 0 Å². The zero-order valence-electron chi connectivity index (χ0n) is 9.35. The number of hydrogen-bond donors (Lipinski definition) is 0. The Hall–Kier alpha value is -0.693. The second-order valence-corrected chi connectivity index (χ2v) is 4.57. The van der Waals surface area contributed by atoms with Crippen molar-refractivity contribution in [2.45, 2.75) is 6.92 Å². The zero-order valence-corrected chi connectivity index (χ0v) is 10.5. The molecule has 0 unspecified atom stereocenters. The van der Waals surface area contributed by atoms with Crippen LogP contribution in [0.5, 0.6) is 0 Å². The summed E-state index contributed by atoms with van der Waals surface area (Å²) in [5.74, 6) is 1.06. The number of rotatable bonds is 3. The van der Waals surface area contributed by atoms with Gasteiger partial charge in [-0.2, -0.15) is 0 Å². The fourth-order valence-corrected chi connectivity index (χ4v) is 1.31. The summed E-state index contributed by atoms with van der Waals surface area (Å²) >= 11 is 0. The molecule has 14 heavy (non-hydrogen) atoms. The quantitative estimate of drug-likeness (QED) is 0.688. The normalized spacial score (nSPS) is 9.86. The van der Waals surface area contributed by atoms with Gasteiger partial charge in [0.1, 0.15) is 5.82 Å². The lowest BCUT2D eigenvalue weighted by atomic mass is 10.7. The van der Waals surface area contributed by atoms with Crippen molar-refractivity contribution < 1.29 is 13.3 Å². The molecule has 0 bridgehead atoms. The van der Waals surface area contributed by atoms with E-state index in [-0.39, 0.29) is 0 Å². The Morgan fingerprint density at radius 1 is 1.21 bits per heavy atom. The Morgan fingerprint density at radius 3 is 1.79 bits per heavy atom. The topological polar surface area (TPSA) is 45.5 Å². The average Bonchev–Trinajstić information content (AvgIpc) is 2.55. The van der Waals surface area contributed by atoms with Crippen LogP contribution in [-0.2, 0) is 20.3 Å². The molecule has 0 aliphatic heterocycles. The highest BCUT2D eigenvalue weighted by atomic mass is 28.3. The van der Waals surface area contributed by atoms with Crippen LogP contribution in [-0.4, -0.2) is 40.4 Å². The minimum atomic E-state index is -1.67.